The van der Waals surface area contributed by atoms with E-state index in [1.807, 2.05) is 0 Å². The van der Waals surface area contributed by atoms with Gasteiger partial charge in [0.1, 0.15) is 0 Å². The highest BCUT2D eigenvalue weighted by atomic mass is 32.2. The van der Waals surface area contributed by atoms with E-state index >= 15 is 0 Å². The molecule has 0 aromatic heterocycles. The third-order valence-corrected chi connectivity index (χ3v) is 8.95. The Labute approximate surface area is 149 Å². The topological polar surface area (TPSA) is 68.3 Å². The molecule has 0 amide bonds. The SMILES string of the molecule is CC1=C(S(=O)(=O)c2ccccc2)CCCC1S(=O)(=O)c1ccccc1. The van der Waals surface area contributed by atoms with Crippen LogP contribution in [0.25, 0.3) is 0 Å². The zero-order valence-corrected chi connectivity index (χ0v) is 15.6. The summed E-state index contributed by atoms with van der Waals surface area (Å²) in [4.78, 5) is 0.689. The van der Waals surface area contributed by atoms with E-state index in [9.17, 15) is 16.8 Å². The smallest absolute Gasteiger partial charge is 0.202 e. The maximum Gasteiger partial charge on any atom is 0.202 e. The minimum absolute atomic E-state index is 0.210. The molecule has 1 unspecified atom stereocenters. The molecule has 0 N–H and O–H groups in total. The molecule has 0 aliphatic heterocycles. The van der Waals surface area contributed by atoms with Crippen molar-refractivity contribution in [2.75, 3.05) is 0 Å². The van der Waals surface area contributed by atoms with E-state index in [1.165, 1.54) is 0 Å². The van der Waals surface area contributed by atoms with Crippen molar-refractivity contribution >= 4 is 19.7 Å². The van der Waals surface area contributed by atoms with Crippen molar-refractivity contribution < 1.29 is 16.8 Å². The molecule has 1 aliphatic carbocycles. The highest BCUT2D eigenvalue weighted by molar-refractivity contribution is 7.95. The minimum atomic E-state index is -3.67. The Morgan fingerprint density at radius 3 is 1.88 bits per heavy atom. The zero-order valence-electron chi connectivity index (χ0n) is 13.9. The van der Waals surface area contributed by atoms with E-state index in [2.05, 4.69) is 0 Å². The molecule has 3 rings (SSSR count). The van der Waals surface area contributed by atoms with Gasteiger partial charge in [-0.05, 0) is 56.0 Å². The lowest BCUT2D eigenvalue weighted by molar-refractivity contribution is 0.566. The minimum Gasteiger partial charge on any atom is -0.223 e. The second-order valence-corrected chi connectivity index (χ2v) is 10.3. The van der Waals surface area contributed by atoms with Crippen LogP contribution in [0.3, 0.4) is 0 Å². The summed E-state index contributed by atoms with van der Waals surface area (Å²) in [5.74, 6) is 0. The summed E-state index contributed by atoms with van der Waals surface area (Å²) in [7, 11) is -7.28. The average Bonchev–Trinajstić information content (AvgIpc) is 2.63. The van der Waals surface area contributed by atoms with Crippen molar-refractivity contribution in [1.82, 2.24) is 0 Å². The van der Waals surface area contributed by atoms with E-state index in [4.69, 9.17) is 0 Å². The lowest BCUT2D eigenvalue weighted by Gasteiger charge is -2.26. The number of sulfone groups is 2. The summed E-state index contributed by atoms with van der Waals surface area (Å²) in [6, 6.07) is 16.4. The fraction of sp³-hybridized carbons (Fsp3) is 0.263. The van der Waals surface area contributed by atoms with Gasteiger partial charge in [0.2, 0.25) is 9.84 Å². The molecule has 1 atom stereocenters. The fourth-order valence-electron chi connectivity index (χ4n) is 3.29. The van der Waals surface area contributed by atoms with Crippen molar-refractivity contribution in [3.05, 3.63) is 71.1 Å². The molecule has 0 radical (unpaired) electrons. The zero-order chi connectivity index (χ0) is 18.1. The first-order valence-corrected chi connectivity index (χ1v) is 11.2. The van der Waals surface area contributed by atoms with Gasteiger partial charge in [-0.3, -0.25) is 0 Å². The Kier molecular flexibility index (Phi) is 4.84. The van der Waals surface area contributed by atoms with Crippen LogP contribution in [0.15, 0.2) is 80.9 Å². The molecule has 2 aromatic carbocycles. The van der Waals surface area contributed by atoms with E-state index in [-0.39, 0.29) is 14.7 Å². The fourth-order valence-corrected chi connectivity index (χ4v) is 7.10. The summed E-state index contributed by atoms with van der Waals surface area (Å²) in [5.41, 5.74) is 0.443. The summed E-state index contributed by atoms with van der Waals surface area (Å²) in [5, 5.41) is -0.794. The van der Waals surface area contributed by atoms with Crippen molar-refractivity contribution in [3.63, 3.8) is 0 Å². The van der Waals surface area contributed by atoms with Gasteiger partial charge in [0.05, 0.1) is 15.0 Å². The van der Waals surface area contributed by atoms with Crippen molar-refractivity contribution in [2.24, 2.45) is 0 Å². The van der Waals surface area contributed by atoms with Crippen molar-refractivity contribution in [3.8, 4) is 0 Å². The Bertz CT molecular complexity index is 990. The van der Waals surface area contributed by atoms with Crippen LogP contribution in [-0.4, -0.2) is 22.1 Å². The molecule has 0 saturated heterocycles. The van der Waals surface area contributed by atoms with Gasteiger partial charge in [0, 0.05) is 4.91 Å². The van der Waals surface area contributed by atoms with Crippen molar-refractivity contribution in [1.29, 1.82) is 0 Å². The van der Waals surface area contributed by atoms with Crippen LogP contribution >= 0.6 is 0 Å². The molecule has 132 valence electrons. The van der Waals surface area contributed by atoms with E-state index in [0.717, 1.165) is 0 Å². The van der Waals surface area contributed by atoms with Crippen LogP contribution in [-0.2, 0) is 19.7 Å². The summed E-state index contributed by atoms with van der Waals surface area (Å²) in [6.45, 7) is 1.64. The Balaban J connectivity index is 2.09. The Morgan fingerprint density at radius 1 is 0.800 bits per heavy atom. The molecule has 6 heteroatoms. The highest BCUT2D eigenvalue weighted by Crippen LogP contribution is 2.37. The second kappa shape index (κ2) is 6.77. The van der Waals surface area contributed by atoms with Gasteiger partial charge >= 0.3 is 0 Å². The average molecular weight is 376 g/mol. The van der Waals surface area contributed by atoms with Crippen LogP contribution in [0, 0.1) is 0 Å². The van der Waals surface area contributed by atoms with Crippen LogP contribution in [0.2, 0.25) is 0 Å². The van der Waals surface area contributed by atoms with Gasteiger partial charge in [-0.15, -0.1) is 0 Å². The molecule has 0 spiro atoms. The molecule has 0 heterocycles. The maximum absolute atomic E-state index is 13.0. The van der Waals surface area contributed by atoms with Gasteiger partial charge in [-0.1, -0.05) is 36.4 Å². The third kappa shape index (κ3) is 3.28. The number of benzene rings is 2. The maximum atomic E-state index is 13.0. The first-order chi connectivity index (χ1) is 11.8. The van der Waals surface area contributed by atoms with Gasteiger partial charge in [0.25, 0.3) is 0 Å². The predicted molar refractivity (Wildman–Crippen MR) is 97.6 cm³/mol. The first kappa shape index (κ1) is 17.9. The molecule has 0 fully saturated rings. The molecule has 4 nitrogen and oxygen atoms in total. The number of rotatable bonds is 4. The molecular weight excluding hydrogens is 356 g/mol. The van der Waals surface area contributed by atoms with E-state index in [0.29, 0.717) is 24.8 Å². The normalized spacial score (nSPS) is 19.0. The quantitative estimate of drug-likeness (QED) is 0.815. The van der Waals surface area contributed by atoms with Crippen LogP contribution in [0.5, 0.6) is 0 Å². The van der Waals surface area contributed by atoms with Gasteiger partial charge in [-0.25, -0.2) is 16.8 Å². The lowest BCUT2D eigenvalue weighted by atomic mass is 10.0. The van der Waals surface area contributed by atoms with Gasteiger partial charge in [-0.2, -0.15) is 0 Å². The Hall–Kier alpha value is -1.92. The summed E-state index contributed by atoms with van der Waals surface area (Å²) in [6.07, 6.45) is 1.36. The van der Waals surface area contributed by atoms with Crippen LogP contribution < -0.4 is 0 Å². The predicted octanol–water partition coefficient (Wildman–Crippen LogP) is 3.76. The lowest BCUT2D eigenvalue weighted by Crippen LogP contribution is -2.28. The van der Waals surface area contributed by atoms with Crippen LogP contribution in [0.4, 0.5) is 0 Å². The van der Waals surface area contributed by atoms with Gasteiger partial charge in [0.15, 0.2) is 9.84 Å². The monoisotopic (exact) mass is 376 g/mol. The first-order valence-electron chi connectivity index (χ1n) is 8.14. The molecule has 0 bridgehead atoms. The van der Waals surface area contributed by atoms with Crippen LogP contribution in [0.1, 0.15) is 26.2 Å². The van der Waals surface area contributed by atoms with E-state index in [1.54, 1.807) is 67.6 Å². The molecule has 0 saturated carbocycles. The molecular formula is C19H20O4S2. The molecule has 25 heavy (non-hydrogen) atoms. The number of allylic oxidation sites excluding steroid dienone is 1. The van der Waals surface area contributed by atoms with Crippen molar-refractivity contribution in [2.45, 2.75) is 41.2 Å². The molecule has 1 aliphatic rings. The second-order valence-electron chi connectivity index (χ2n) is 6.16. The number of hydrogen-bond donors (Lipinski definition) is 0. The number of hydrogen-bond acceptors (Lipinski definition) is 4. The molecule has 2 aromatic rings. The standard InChI is InChI=1S/C19H20O4S2/c1-15-18(24(20,21)16-9-4-2-5-10-16)13-8-14-19(15)25(22,23)17-11-6-3-7-12-17/h2-7,9-12,18H,8,13-14H2,1H3. The van der Waals surface area contributed by atoms with Gasteiger partial charge < -0.3 is 0 Å². The third-order valence-electron chi connectivity index (χ3n) is 4.62. The Morgan fingerprint density at radius 2 is 1.32 bits per heavy atom. The largest absolute Gasteiger partial charge is 0.223 e. The summed E-state index contributed by atoms with van der Waals surface area (Å²) < 4.78 is 51.9. The van der Waals surface area contributed by atoms with E-state index < -0.39 is 24.9 Å². The highest BCUT2D eigenvalue weighted by Gasteiger charge is 2.36. The summed E-state index contributed by atoms with van der Waals surface area (Å²) >= 11 is 0.